The number of sulfonamides is 1. The number of anilines is 1. The second-order valence-corrected chi connectivity index (χ2v) is 7.22. The van der Waals surface area contributed by atoms with Crippen LogP contribution in [0.5, 0.6) is 0 Å². The lowest BCUT2D eigenvalue weighted by atomic mass is 10.1. The van der Waals surface area contributed by atoms with E-state index in [1.807, 2.05) is 0 Å². The monoisotopic (exact) mass is 316 g/mol. The van der Waals surface area contributed by atoms with E-state index in [4.69, 9.17) is 10.5 Å². The predicted octanol–water partition coefficient (Wildman–Crippen LogP) is 1.76. The van der Waals surface area contributed by atoms with Crippen molar-refractivity contribution < 1.29 is 17.5 Å². The summed E-state index contributed by atoms with van der Waals surface area (Å²) in [5.74, 6) is -0.417. The molecule has 1 aromatic rings. The van der Waals surface area contributed by atoms with Gasteiger partial charge in [-0.3, -0.25) is 0 Å². The zero-order valence-corrected chi connectivity index (χ0v) is 13.1. The fourth-order valence-corrected chi connectivity index (χ4v) is 4.29. The van der Waals surface area contributed by atoms with Crippen LogP contribution < -0.4 is 5.73 Å². The van der Waals surface area contributed by atoms with Gasteiger partial charge in [-0.15, -0.1) is 0 Å². The minimum absolute atomic E-state index is 0.0548. The molecule has 2 N–H and O–H groups in total. The van der Waals surface area contributed by atoms with Crippen molar-refractivity contribution in [3.8, 4) is 0 Å². The van der Waals surface area contributed by atoms with Crippen molar-refractivity contribution in [3.05, 3.63) is 23.5 Å². The van der Waals surface area contributed by atoms with Gasteiger partial charge in [0.2, 0.25) is 10.0 Å². The molecule has 0 amide bonds. The van der Waals surface area contributed by atoms with Gasteiger partial charge in [0.25, 0.3) is 0 Å². The van der Waals surface area contributed by atoms with E-state index in [2.05, 4.69) is 0 Å². The normalized spacial score (nSPS) is 19.3. The summed E-state index contributed by atoms with van der Waals surface area (Å²) in [5, 5.41) is 0. The summed E-state index contributed by atoms with van der Waals surface area (Å²) in [6, 6.07) is 2.46. The van der Waals surface area contributed by atoms with Crippen LogP contribution in [0.25, 0.3) is 0 Å². The number of nitrogen functional groups attached to an aromatic ring is 1. The molecule has 0 saturated carbocycles. The van der Waals surface area contributed by atoms with Crippen LogP contribution in [-0.4, -0.2) is 39.0 Å². The number of rotatable bonds is 5. The Labute approximate surface area is 124 Å². The van der Waals surface area contributed by atoms with Crippen LogP contribution >= 0.6 is 0 Å². The van der Waals surface area contributed by atoms with Crippen molar-refractivity contribution in [2.24, 2.45) is 5.92 Å². The Bertz CT molecular complexity index is 613. The van der Waals surface area contributed by atoms with Crippen LogP contribution in [0.3, 0.4) is 0 Å². The van der Waals surface area contributed by atoms with Crippen molar-refractivity contribution in [1.29, 1.82) is 0 Å². The largest absolute Gasteiger partial charge is 0.399 e. The molecule has 1 unspecified atom stereocenters. The third-order valence-electron chi connectivity index (χ3n) is 3.78. The second kappa shape index (κ2) is 6.29. The Morgan fingerprint density at radius 3 is 2.76 bits per heavy atom. The average molecular weight is 316 g/mol. The van der Waals surface area contributed by atoms with Crippen LogP contribution in [0, 0.1) is 18.7 Å². The fourth-order valence-electron chi connectivity index (χ4n) is 2.49. The Morgan fingerprint density at radius 1 is 1.48 bits per heavy atom. The Balaban J connectivity index is 2.34. The van der Waals surface area contributed by atoms with Crippen LogP contribution in [0.2, 0.25) is 0 Å². The lowest BCUT2D eigenvalue weighted by Crippen LogP contribution is -2.36. The Hall–Kier alpha value is -1.18. The van der Waals surface area contributed by atoms with Gasteiger partial charge in [0.05, 0.1) is 11.5 Å². The van der Waals surface area contributed by atoms with Gasteiger partial charge in [-0.1, -0.05) is 6.92 Å². The molecule has 1 atom stereocenters. The lowest BCUT2D eigenvalue weighted by molar-refractivity contribution is 0.181. The van der Waals surface area contributed by atoms with E-state index < -0.39 is 15.8 Å². The van der Waals surface area contributed by atoms with E-state index in [0.717, 1.165) is 12.5 Å². The SMILES string of the molecule is CCN(CC1CCOC1)S(=O)(=O)c1cc(N)cc(F)c1C. The molecule has 0 aromatic heterocycles. The number of hydrogen-bond donors (Lipinski definition) is 1. The number of hydrogen-bond acceptors (Lipinski definition) is 4. The van der Waals surface area contributed by atoms with Crippen molar-refractivity contribution >= 4 is 15.7 Å². The van der Waals surface area contributed by atoms with E-state index in [1.165, 1.54) is 17.3 Å². The number of nitrogens with two attached hydrogens (primary N) is 1. The van der Waals surface area contributed by atoms with Crippen molar-refractivity contribution in [1.82, 2.24) is 4.31 Å². The van der Waals surface area contributed by atoms with Gasteiger partial charge in [-0.25, -0.2) is 12.8 Å². The van der Waals surface area contributed by atoms with Gasteiger partial charge in [-0.05, 0) is 31.4 Å². The quantitative estimate of drug-likeness (QED) is 0.840. The molecule has 0 aliphatic carbocycles. The number of halogens is 1. The molecule has 5 nitrogen and oxygen atoms in total. The van der Waals surface area contributed by atoms with Crippen molar-refractivity contribution in [2.45, 2.75) is 25.2 Å². The molecule has 1 heterocycles. The topological polar surface area (TPSA) is 72.6 Å². The predicted molar refractivity (Wildman–Crippen MR) is 78.9 cm³/mol. The van der Waals surface area contributed by atoms with Gasteiger partial charge in [-0.2, -0.15) is 4.31 Å². The minimum Gasteiger partial charge on any atom is -0.399 e. The molecule has 1 aliphatic heterocycles. The molecule has 0 spiro atoms. The van der Waals surface area contributed by atoms with Crippen LogP contribution in [0.15, 0.2) is 17.0 Å². The zero-order valence-electron chi connectivity index (χ0n) is 12.3. The zero-order chi connectivity index (χ0) is 15.6. The highest BCUT2D eigenvalue weighted by atomic mass is 32.2. The van der Waals surface area contributed by atoms with Crippen LogP contribution in [0.4, 0.5) is 10.1 Å². The fraction of sp³-hybridized carbons (Fsp3) is 0.571. The maximum absolute atomic E-state index is 13.8. The molecule has 1 fully saturated rings. The van der Waals surface area contributed by atoms with Gasteiger partial charge in [0.1, 0.15) is 5.82 Å². The van der Waals surface area contributed by atoms with Crippen LogP contribution in [0.1, 0.15) is 18.9 Å². The standard InChI is InChI=1S/C14H21FN2O3S/c1-3-17(8-11-4-5-20-9-11)21(18,19)14-7-12(16)6-13(15)10(14)2/h6-7,11H,3-5,8-9,16H2,1-2H3. The third-order valence-corrected chi connectivity index (χ3v) is 5.84. The van der Waals surface area contributed by atoms with Gasteiger partial charge < -0.3 is 10.5 Å². The maximum Gasteiger partial charge on any atom is 0.243 e. The van der Waals surface area contributed by atoms with E-state index in [0.29, 0.717) is 26.3 Å². The summed E-state index contributed by atoms with van der Waals surface area (Å²) in [6.45, 7) is 5.16. The molecular formula is C14H21FN2O3S. The molecule has 0 radical (unpaired) electrons. The van der Waals surface area contributed by atoms with E-state index in [1.54, 1.807) is 6.92 Å². The van der Waals surface area contributed by atoms with Crippen molar-refractivity contribution in [3.63, 3.8) is 0 Å². The summed E-state index contributed by atoms with van der Waals surface area (Å²) < 4.78 is 45.9. The first kappa shape index (κ1) is 16.2. The summed E-state index contributed by atoms with van der Waals surface area (Å²) in [6.07, 6.45) is 0.844. The second-order valence-electron chi connectivity index (χ2n) is 5.31. The summed E-state index contributed by atoms with van der Waals surface area (Å²) >= 11 is 0. The molecule has 2 rings (SSSR count). The van der Waals surface area contributed by atoms with Gasteiger partial charge >= 0.3 is 0 Å². The number of nitrogens with zero attached hydrogens (tertiary/aromatic N) is 1. The van der Waals surface area contributed by atoms with E-state index in [-0.39, 0.29) is 22.1 Å². The van der Waals surface area contributed by atoms with Gasteiger partial charge in [0, 0.05) is 30.9 Å². The molecule has 1 aliphatic rings. The Kier molecular flexibility index (Phi) is 4.85. The number of ether oxygens (including phenoxy) is 1. The molecule has 7 heteroatoms. The third kappa shape index (κ3) is 3.36. The highest BCUT2D eigenvalue weighted by Crippen LogP contribution is 2.26. The highest BCUT2D eigenvalue weighted by molar-refractivity contribution is 7.89. The maximum atomic E-state index is 13.8. The smallest absolute Gasteiger partial charge is 0.243 e. The summed E-state index contributed by atoms with van der Waals surface area (Å²) in [5.41, 5.74) is 5.80. The first-order valence-electron chi connectivity index (χ1n) is 6.99. The first-order valence-corrected chi connectivity index (χ1v) is 8.43. The molecular weight excluding hydrogens is 295 g/mol. The molecule has 1 saturated heterocycles. The number of benzene rings is 1. The minimum atomic E-state index is -3.76. The molecule has 1 aromatic carbocycles. The highest BCUT2D eigenvalue weighted by Gasteiger charge is 2.29. The molecule has 21 heavy (non-hydrogen) atoms. The van der Waals surface area contributed by atoms with Crippen molar-refractivity contribution in [2.75, 3.05) is 32.0 Å². The van der Waals surface area contributed by atoms with Gasteiger partial charge in [0.15, 0.2) is 0 Å². The molecule has 118 valence electrons. The summed E-state index contributed by atoms with van der Waals surface area (Å²) in [7, 11) is -3.76. The first-order chi connectivity index (χ1) is 9.86. The average Bonchev–Trinajstić information content (AvgIpc) is 2.92. The van der Waals surface area contributed by atoms with E-state index >= 15 is 0 Å². The lowest BCUT2D eigenvalue weighted by Gasteiger charge is -2.24. The summed E-state index contributed by atoms with van der Waals surface area (Å²) in [4.78, 5) is -0.0548. The van der Waals surface area contributed by atoms with E-state index in [9.17, 15) is 12.8 Å². The molecule has 0 bridgehead atoms. The van der Waals surface area contributed by atoms with Crippen LogP contribution in [-0.2, 0) is 14.8 Å². The Morgan fingerprint density at radius 2 is 2.19 bits per heavy atom.